The van der Waals surface area contributed by atoms with E-state index in [1.54, 1.807) is 6.92 Å². The molecule has 1 aliphatic rings. The van der Waals surface area contributed by atoms with Gasteiger partial charge in [-0.2, -0.15) is 0 Å². The second kappa shape index (κ2) is 9.51. The van der Waals surface area contributed by atoms with E-state index >= 15 is 0 Å². The molecule has 2 heterocycles. The third-order valence-electron chi connectivity index (χ3n) is 5.10. The fourth-order valence-electron chi connectivity index (χ4n) is 3.58. The lowest BCUT2D eigenvalue weighted by atomic mass is 9.81. The predicted molar refractivity (Wildman–Crippen MR) is 121 cm³/mol. The van der Waals surface area contributed by atoms with Crippen molar-refractivity contribution in [3.63, 3.8) is 0 Å². The highest BCUT2D eigenvalue weighted by molar-refractivity contribution is 7.99. The molecule has 3 rings (SSSR count). The number of nitrogens with zero attached hydrogens (tertiary/aromatic N) is 1. The van der Waals surface area contributed by atoms with Gasteiger partial charge < -0.3 is 15.0 Å². The number of fused-ring (bicyclic) bond motifs is 1. The van der Waals surface area contributed by atoms with Crippen LogP contribution in [-0.2, 0) is 9.53 Å². The van der Waals surface area contributed by atoms with Crippen LogP contribution in [0.4, 0.5) is 5.82 Å². The summed E-state index contributed by atoms with van der Waals surface area (Å²) in [5.41, 5.74) is 3.38. The zero-order chi connectivity index (χ0) is 21.8. The Hall–Kier alpha value is -2.54. The minimum absolute atomic E-state index is 0.238. The molecule has 160 valence electrons. The van der Waals surface area contributed by atoms with Crippen molar-refractivity contribution in [3.05, 3.63) is 62.6 Å². The normalized spacial score (nSPS) is 15.7. The molecule has 0 aliphatic carbocycles. The molecule has 1 aromatic carbocycles. The van der Waals surface area contributed by atoms with Gasteiger partial charge >= 0.3 is 5.97 Å². The summed E-state index contributed by atoms with van der Waals surface area (Å²) < 4.78 is 5.32. The van der Waals surface area contributed by atoms with E-state index in [1.165, 1.54) is 17.3 Å². The quantitative estimate of drug-likeness (QED) is 0.375. The third-order valence-corrected chi connectivity index (χ3v) is 6.17. The molecule has 0 amide bonds. The van der Waals surface area contributed by atoms with Crippen molar-refractivity contribution in [2.75, 3.05) is 17.7 Å². The van der Waals surface area contributed by atoms with Crippen LogP contribution in [0, 0.1) is 0 Å². The second-order valence-electron chi connectivity index (χ2n) is 7.62. The van der Waals surface area contributed by atoms with Crippen LogP contribution in [0.1, 0.15) is 69.6 Å². The first-order valence-electron chi connectivity index (χ1n) is 10.4. The van der Waals surface area contributed by atoms with Crippen LogP contribution < -0.4 is 10.9 Å². The number of H-pyrrole nitrogens is 1. The van der Waals surface area contributed by atoms with E-state index in [9.17, 15) is 9.59 Å². The number of aromatic amines is 1. The first kappa shape index (κ1) is 22.2. The number of carbonyl (C=O) groups is 1. The highest BCUT2D eigenvalue weighted by atomic mass is 32.2. The topological polar surface area (TPSA) is 84.1 Å². The summed E-state index contributed by atoms with van der Waals surface area (Å²) in [5, 5.41) is 3.75. The number of thioether (sulfide) groups is 1. The number of benzene rings is 1. The van der Waals surface area contributed by atoms with Gasteiger partial charge in [0, 0.05) is 11.4 Å². The maximum atomic E-state index is 13.1. The predicted octanol–water partition coefficient (Wildman–Crippen LogP) is 4.79. The Morgan fingerprint density at radius 2 is 1.93 bits per heavy atom. The average Bonchev–Trinajstić information content (AvgIpc) is 2.71. The summed E-state index contributed by atoms with van der Waals surface area (Å²) in [7, 11) is 0. The summed E-state index contributed by atoms with van der Waals surface area (Å²) >= 11 is 1.51. The van der Waals surface area contributed by atoms with Crippen LogP contribution in [0.5, 0.6) is 0 Å². The molecule has 30 heavy (non-hydrogen) atoms. The molecule has 0 bridgehead atoms. The van der Waals surface area contributed by atoms with Crippen LogP contribution in [0.15, 0.2) is 45.5 Å². The van der Waals surface area contributed by atoms with Gasteiger partial charge in [0.05, 0.1) is 23.7 Å². The van der Waals surface area contributed by atoms with Crippen molar-refractivity contribution in [3.8, 4) is 0 Å². The molecule has 7 heteroatoms. The lowest BCUT2D eigenvalue weighted by molar-refractivity contribution is -0.138. The van der Waals surface area contributed by atoms with Gasteiger partial charge in [0.2, 0.25) is 0 Å². The van der Waals surface area contributed by atoms with Crippen molar-refractivity contribution < 1.29 is 9.53 Å². The van der Waals surface area contributed by atoms with E-state index < -0.39 is 11.9 Å². The average molecular weight is 428 g/mol. The Kier molecular flexibility index (Phi) is 7.02. The molecular weight excluding hydrogens is 398 g/mol. The standard InChI is InChI=1S/C23H29N3O3S/c1-6-12-30-23-25-20-19(21(27)26-23)18(16-10-8-15(9-11-16)13(3)4)17(14(5)24-20)22(28)29-7-2/h8-11,13,18H,6-7,12H2,1-5H3,(H2,24,25,26,27)/t18-/m1/s1. The number of nitrogens with one attached hydrogen (secondary N) is 2. The first-order valence-corrected chi connectivity index (χ1v) is 11.4. The molecule has 2 aromatic rings. The second-order valence-corrected chi connectivity index (χ2v) is 8.70. The number of ether oxygens (including phenoxy) is 1. The Bertz CT molecular complexity index is 1010. The molecule has 0 radical (unpaired) electrons. The summed E-state index contributed by atoms with van der Waals surface area (Å²) in [5.74, 6) is 0.799. The van der Waals surface area contributed by atoms with E-state index in [1.807, 2.05) is 31.2 Å². The molecule has 0 spiro atoms. The molecule has 0 fully saturated rings. The Morgan fingerprint density at radius 1 is 1.23 bits per heavy atom. The van der Waals surface area contributed by atoms with Gasteiger partial charge in [0.1, 0.15) is 5.82 Å². The number of hydrogen-bond donors (Lipinski definition) is 2. The van der Waals surface area contributed by atoms with E-state index in [0.717, 1.165) is 17.7 Å². The van der Waals surface area contributed by atoms with Gasteiger partial charge in [-0.25, -0.2) is 9.78 Å². The van der Waals surface area contributed by atoms with Gasteiger partial charge in [-0.15, -0.1) is 0 Å². The fraction of sp³-hybridized carbons (Fsp3) is 0.435. The summed E-state index contributed by atoms with van der Waals surface area (Å²) in [6, 6.07) is 8.07. The summed E-state index contributed by atoms with van der Waals surface area (Å²) in [6.07, 6.45) is 0.982. The Morgan fingerprint density at radius 3 is 2.53 bits per heavy atom. The summed E-state index contributed by atoms with van der Waals surface area (Å²) in [6.45, 7) is 10.2. The lowest BCUT2D eigenvalue weighted by Gasteiger charge is -2.29. The number of esters is 1. The number of hydrogen-bond acceptors (Lipinski definition) is 6. The van der Waals surface area contributed by atoms with E-state index in [2.05, 4.69) is 36.1 Å². The highest BCUT2D eigenvalue weighted by Crippen LogP contribution is 2.40. The SMILES string of the molecule is CCCSc1nc2c(c(=O)[nH]1)[C@H](c1ccc(C(C)C)cc1)C(C(=O)OCC)=C(C)N2. The molecule has 0 unspecified atom stereocenters. The Balaban J connectivity index is 2.16. The van der Waals surface area contributed by atoms with Crippen LogP contribution >= 0.6 is 11.8 Å². The molecule has 0 saturated carbocycles. The third kappa shape index (κ3) is 4.46. The van der Waals surface area contributed by atoms with Crippen molar-refractivity contribution >= 4 is 23.5 Å². The van der Waals surface area contributed by atoms with Crippen molar-refractivity contribution in [1.29, 1.82) is 0 Å². The number of rotatable bonds is 7. The van der Waals surface area contributed by atoms with Gasteiger partial charge in [-0.05, 0) is 37.3 Å². The van der Waals surface area contributed by atoms with E-state index in [-0.39, 0.29) is 12.2 Å². The molecule has 0 saturated heterocycles. The minimum Gasteiger partial charge on any atom is -0.463 e. The zero-order valence-corrected chi connectivity index (χ0v) is 19.0. The maximum absolute atomic E-state index is 13.1. The highest BCUT2D eigenvalue weighted by Gasteiger charge is 2.36. The van der Waals surface area contributed by atoms with E-state index in [4.69, 9.17) is 4.74 Å². The molecule has 1 atom stereocenters. The molecule has 1 aliphatic heterocycles. The smallest absolute Gasteiger partial charge is 0.336 e. The number of anilines is 1. The Labute approximate surface area is 181 Å². The van der Waals surface area contributed by atoms with Crippen LogP contribution in [0.3, 0.4) is 0 Å². The molecule has 6 nitrogen and oxygen atoms in total. The van der Waals surface area contributed by atoms with Gasteiger partial charge in [-0.1, -0.05) is 56.8 Å². The van der Waals surface area contributed by atoms with Crippen molar-refractivity contribution in [2.24, 2.45) is 0 Å². The van der Waals surface area contributed by atoms with Crippen LogP contribution in [0.2, 0.25) is 0 Å². The first-order chi connectivity index (χ1) is 14.4. The number of aromatic nitrogens is 2. The lowest BCUT2D eigenvalue weighted by Crippen LogP contribution is -2.31. The fourth-order valence-corrected chi connectivity index (χ4v) is 4.30. The minimum atomic E-state index is -0.539. The van der Waals surface area contributed by atoms with Crippen LogP contribution in [-0.4, -0.2) is 28.3 Å². The van der Waals surface area contributed by atoms with Gasteiger partial charge in [0.25, 0.3) is 5.56 Å². The zero-order valence-electron chi connectivity index (χ0n) is 18.2. The van der Waals surface area contributed by atoms with Gasteiger partial charge in [0.15, 0.2) is 5.16 Å². The molecular formula is C23H29N3O3S. The van der Waals surface area contributed by atoms with Crippen molar-refractivity contribution in [1.82, 2.24) is 9.97 Å². The number of carbonyl (C=O) groups excluding carboxylic acids is 1. The number of allylic oxidation sites excluding steroid dienone is 1. The molecule has 1 aromatic heterocycles. The monoisotopic (exact) mass is 427 g/mol. The largest absolute Gasteiger partial charge is 0.463 e. The van der Waals surface area contributed by atoms with Crippen LogP contribution in [0.25, 0.3) is 0 Å². The summed E-state index contributed by atoms with van der Waals surface area (Å²) in [4.78, 5) is 33.5. The van der Waals surface area contributed by atoms with E-state index in [0.29, 0.717) is 33.7 Å². The molecule has 2 N–H and O–H groups in total. The maximum Gasteiger partial charge on any atom is 0.336 e. The van der Waals surface area contributed by atoms with Crippen molar-refractivity contribution in [2.45, 2.75) is 58.0 Å². The van der Waals surface area contributed by atoms with Gasteiger partial charge in [-0.3, -0.25) is 4.79 Å².